The summed E-state index contributed by atoms with van der Waals surface area (Å²) in [6.45, 7) is 1.01. The molecule has 1 unspecified atom stereocenters. The summed E-state index contributed by atoms with van der Waals surface area (Å²) in [4.78, 5) is 2.20. The summed E-state index contributed by atoms with van der Waals surface area (Å²) < 4.78 is 5.24. The monoisotopic (exact) mass is 244 g/mol. The van der Waals surface area contributed by atoms with Gasteiger partial charge in [-0.2, -0.15) is 5.26 Å². The Morgan fingerprint density at radius 1 is 1.44 bits per heavy atom. The van der Waals surface area contributed by atoms with Crippen LogP contribution in [0.4, 0.5) is 0 Å². The first-order valence-corrected chi connectivity index (χ1v) is 6.46. The number of piperidine rings is 1. The molecule has 3 heteroatoms. The maximum Gasteiger partial charge on any atom is 0.119 e. The zero-order valence-corrected chi connectivity index (χ0v) is 11.1. The van der Waals surface area contributed by atoms with Crippen LogP contribution in [0.5, 0.6) is 5.75 Å². The van der Waals surface area contributed by atoms with Gasteiger partial charge in [0.05, 0.1) is 13.2 Å². The highest BCUT2D eigenvalue weighted by molar-refractivity contribution is 5.31. The van der Waals surface area contributed by atoms with Gasteiger partial charge < -0.3 is 4.74 Å². The Morgan fingerprint density at radius 3 is 2.94 bits per heavy atom. The topological polar surface area (TPSA) is 36.3 Å². The Labute approximate surface area is 109 Å². The Morgan fingerprint density at radius 2 is 2.28 bits per heavy atom. The number of hydrogen-bond acceptors (Lipinski definition) is 3. The Kier molecular flexibility index (Phi) is 3.88. The lowest BCUT2D eigenvalue weighted by molar-refractivity contribution is 0.123. The van der Waals surface area contributed by atoms with Gasteiger partial charge in [-0.1, -0.05) is 12.1 Å². The van der Waals surface area contributed by atoms with Gasteiger partial charge in [0, 0.05) is 6.42 Å². The molecule has 0 saturated carbocycles. The molecule has 0 spiro atoms. The molecular weight excluding hydrogens is 224 g/mol. The number of likely N-dealkylation sites (N-methyl/N-ethyl adjacent to an activating group) is 1. The van der Waals surface area contributed by atoms with Gasteiger partial charge in [0.15, 0.2) is 0 Å². The van der Waals surface area contributed by atoms with Crippen LogP contribution in [0, 0.1) is 11.3 Å². The Bertz CT molecular complexity index is 452. The minimum Gasteiger partial charge on any atom is -0.497 e. The van der Waals surface area contributed by atoms with E-state index in [1.165, 1.54) is 12.0 Å². The van der Waals surface area contributed by atoms with Crippen LogP contribution in [0.3, 0.4) is 0 Å². The molecule has 0 bridgehead atoms. The van der Waals surface area contributed by atoms with E-state index in [1.54, 1.807) is 7.11 Å². The van der Waals surface area contributed by atoms with Crippen LogP contribution in [0.2, 0.25) is 0 Å². The molecule has 1 fully saturated rings. The minimum atomic E-state index is -0.343. The second kappa shape index (κ2) is 5.41. The van der Waals surface area contributed by atoms with E-state index in [4.69, 9.17) is 4.74 Å². The number of rotatable bonds is 3. The largest absolute Gasteiger partial charge is 0.497 e. The van der Waals surface area contributed by atoms with Crippen LogP contribution in [0.15, 0.2) is 24.3 Å². The molecule has 1 heterocycles. The van der Waals surface area contributed by atoms with E-state index in [2.05, 4.69) is 24.1 Å². The second-order valence-electron chi connectivity index (χ2n) is 5.05. The zero-order valence-electron chi connectivity index (χ0n) is 11.1. The van der Waals surface area contributed by atoms with Crippen molar-refractivity contribution < 1.29 is 4.74 Å². The molecule has 0 aliphatic carbocycles. The van der Waals surface area contributed by atoms with Crippen LogP contribution in [-0.2, 0) is 6.42 Å². The third-order valence-corrected chi connectivity index (χ3v) is 3.90. The fourth-order valence-electron chi connectivity index (χ4n) is 2.70. The SMILES string of the molecule is COc1cccc(CC2(C#N)CCCCN2C)c1. The number of nitrogens with zero attached hydrogens (tertiary/aromatic N) is 2. The van der Waals surface area contributed by atoms with Gasteiger partial charge >= 0.3 is 0 Å². The highest BCUT2D eigenvalue weighted by Crippen LogP contribution is 2.30. The molecule has 1 atom stereocenters. The van der Waals surface area contributed by atoms with E-state index in [9.17, 15) is 5.26 Å². The first-order chi connectivity index (χ1) is 8.70. The summed E-state index contributed by atoms with van der Waals surface area (Å²) >= 11 is 0. The van der Waals surface area contributed by atoms with E-state index in [0.717, 1.165) is 31.6 Å². The lowest BCUT2D eigenvalue weighted by atomic mass is 9.83. The molecule has 0 amide bonds. The highest BCUT2D eigenvalue weighted by Gasteiger charge is 2.36. The molecule has 1 aliphatic heterocycles. The van der Waals surface area contributed by atoms with E-state index in [0.29, 0.717) is 0 Å². The molecule has 0 N–H and O–H groups in total. The van der Waals surface area contributed by atoms with Crippen molar-refractivity contribution in [2.75, 3.05) is 20.7 Å². The van der Waals surface area contributed by atoms with Gasteiger partial charge in [-0.05, 0) is 50.6 Å². The summed E-state index contributed by atoms with van der Waals surface area (Å²) in [6.07, 6.45) is 4.06. The van der Waals surface area contributed by atoms with Crippen LogP contribution in [0.1, 0.15) is 24.8 Å². The number of benzene rings is 1. The van der Waals surface area contributed by atoms with E-state index in [1.807, 2.05) is 18.2 Å². The molecule has 18 heavy (non-hydrogen) atoms. The first kappa shape index (κ1) is 12.9. The lowest BCUT2D eigenvalue weighted by Crippen LogP contribution is -2.50. The van der Waals surface area contributed by atoms with Crippen molar-refractivity contribution in [2.24, 2.45) is 0 Å². The van der Waals surface area contributed by atoms with E-state index in [-0.39, 0.29) is 5.54 Å². The summed E-state index contributed by atoms with van der Waals surface area (Å²) in [6, 6.07) is 10.6. The fraction of sp³-hybridized carbons (Fsp3) is 0.533. The van der Waals surface area contributed by atoms with Gasteiger partial charge in [0.1, 0.15) is 11.3 Å². The molecule has 1 aromatic rings. The highest BCUT2D eigenvalue weighted by atomic mass is 16.5. The maximum atomic E-state index is 9.58. The van der Waals surface area contributed by atoms with Crippen molar-refractivity contribution in [2.45, 2.75) is 31.2 Å². The van der Waals surface area contributed by atoms with Gasteiger partial charge in [0.25, 0.3) is 0 Å². The quantitative estimate of drug-likeness (QED) is 0.820. The summed E-state index contributed by atoms with van der Waals surface area (Å²) in [7, 11) is 3.73. The molecule has 96 valence electrons. The second-order valence-corrected chi connectivity index (χ2v) is 5.05. The summed E-state index contributed by atoms with van der Waals surface area (Å²) in [5.41, 5.74) is 0.828. The Hall–Kier alpha value is -1.53. The van der Waals surface area contributed by atoms with Gasteiger partial charge in [-0.25, -0.2) is 0 Å². The standard InChI is InChI=1S/C15H20N2O/c1-17-9-4-3-8-15(17,12-16)11-13-6-5-7-14(10-13)18-2/h5-7,10H,3-4,8-9,11H2,1-2H3. The fourth-order valence-corrected chi connectivity index (χ4v) is 2.70. The average molecular weight is 244 g/mol. The van der Waals surface area contributed by atoms with Crippen LogP contribution in [0.25, 0.3) is 0 Å². The molecular formula is C15H20N2O. The van der Waals surface area contributed by atoms with Crippen LogP contribution in [-0.4, -0.2) is 31.1 Å². The number of methoxy groups -OCH3 is 1. The van der Waals surface area contributed by atoms with Crippen molar-refractivity contribution in [1.29, 1.82) is 5.26 Å². The Balaban J connectivity index is 2.21. The van der Waals surface area contributed by atoms with Crippen molar-refractivity contribution in [3.63, 3.8) is 0 Å². The van der Waals surface area contributed by atoms with Crippen LogP contribution < -0.4 is 4.74 Å². The predicted octanol–water partition coefficient (Wildman–Crippen LogP) is 2.62. The van der Waals surface area contributed by atoms with Crippen molar-refractivity contribution >= 4 is 0 Å². The lowest BCUT2D eigenvalue weighted by Gasteiger charge is -2.40. The molecule has 0 aromatic heterocycles. The van der Waals surface area contributed by atoms with Crippen molar-refractivity contribution in [1.82, 2.24) is 4.90 Å². The third kappa shape index (κ3) is 2.49. The first-order valence-electron chi connectivity index (χ1n) is 6.46. The maximum absolute atomic E-state index is 9.58. The van der Waals surface area contributed by atoms with Gasteiger partial charge in [0.2, 0.25) is 0 Å². The van der Waals surface area contributed by atoms with Gasteiger partial charge in [-0.15, -0.1) is 0 Å². The molecule has 3 nitrogen and oxygen atoms in total. The molecule has 1 aromatic carbocycles. The normalized spacial score (nSPS) is 24.5. The number of nitriles is 1. The third-order valence-electron chi connectivity index (χ3n) is 3.90. The minimum absolute atomic E-state index is 0.343. The number of likely N-dealkylation sites (tertiary alicyclic amines) is 1. The summed E-state index contributed by atoms with van der Waals surface area (Å²) in [5.74, 6) is 0.860. The van der Waals surface area contributed by atoms with Crippen molar-refractivity contribution in [3.05, 3.63) is 29.8 Å². The van der Waals surface area contributed by atoms with Crippen molar-refractivity contribution in [3.8, 4) is 11.8 Å². The molecule has 1 saturated heterocycles. The molecule has 0 radical (unpaired) electrons. The van der Waals surface area contributed by atoms with E-state index < -0.39 is 0 Å². The average Bonchev–Trinajstić information content (AvgIpc) is 2.42. The zero-order chi connectivity index (χ0) is 13.0. The van der Waals surface area contributed by atoms with E-state index >= 15 is 0 Å². The molecule has 2 rings (SSSR count). The number of hydrogen-bond donors (Lipinski definition) is 0. The predicted molar refractivity (Wildman–Crippen MR) is 71.5 cm³/mol. The summed E-state index contributed by atoms with van der Waals surface area (Å²) in [5, 5.41) is 9.58. The smallest absolute Gasteiger partial charge is 0.119 e. The van der Waals surface area contributed by atoms with Crippen LogP contribution >= 0.6 is 0 Å². The molecule has 1 aliphatic rings. The number of ether oxygens (including phenoxy) is 1. The van der Waals surface area contributed by atoms with Gasteiger partial charge in [-0.3, -0.25) is 4.90 Å².